The van der Waals surface area contributed by atoms with Crippen LogP contribution in [0.2, 0.25) is 5.02 Å². The minimum absolute atomic E-state index is 0.0495. The molecule has 5 nitrogen and oxygen atoms in total. The molecule has 1 heterocycles. The molecule has 0 atom stereocenters. The molecule has 3 aromatic rings. The standard InChI is InChI=1S/C14H8BrClN2O3/c15-9-6-7(16)4-5-10(9)18-11-3-1-2-8(13(19)20)12(11)17-14(18)21/h1-6H,(H,17,21)(H,19,20). The number of halogens is 2. The molecule has 0 unspecified atom stereocenters. The van der Waals surface area contributed by atoms with Crippen LogP contribution in [0, 0.1) is 0 Å². The van der Waals surface area contributed by atoms with Gasteiger partial charge in [0.1, 0.15) is 0 Å². The van der Waals surface area contributed by atoms with E-state index in [1.54, 1.807) is 30.3 Å². The second-order valence-electron chi connectivity index (χ2n) is 4.37. The fourth-order valence-corrected chi connectivity index (χ4v) is 3.07. The number of hydrogen-bond donors (Lipinski definition) is 2. The van der Waals surface area contributed by atoms with Gasteiger partial charge in [-0.1, -0.05) is 17.7 Å². The number of rotatable bonds is 2. The third-order valence-electron chi connectivity index (χ3n) is 3.10. The van der Waals surface area contributed by atoms with E-state index in [9.17, 15) is 14.7 Å². The van der Waals surface area contributed by atoms with E-state index in [2.05, 4.69) is 20.9 Å². The largest absolute Gasteiger partial charge is 0.478 e. The van der Waals surface area contributed by atoms with Crippen LogP contribution in [0.25, 0.3) is 16.7 Å². The Bertz CT molecular complexity index is 930. The van der Waals surface area contributed by atoms with Gasteiger partial charge in [0.25, 0.3) is 0 Å². The maximum absolute atomic E-state index is 12.2. The van der Waals surface area contributed by atoms with Crippen LogP contribution in [-0.2, 0) is 0 Å². The lowest BCUT2D eigenvalue weighted by Crippen LogP contribution is -2.14. The topological polar surface area (TPSA) is 75.1 Å². The molecule has 0 radical (unpaired) electrons. The molecule has 0 amide bonds. The summed E-state index contributed by atoms with van der Waals surface area (Å²) in [4.78, 5) is 26.0. The second-order valence-corrected chi connectivity index (χ2v) is 5.66. The van der Waals surface area contributed by atoms with Crippen molar-refractivity contribution >= 4 is 44.5 Å². The molecule has 0 aliphatic heterocycles. The van der Waals surface area contributed by atoms with Gasteiger partial charge in [0, 0.05) is 9.50 Å². The fraction of sp³-hybridized carbons (Fsp3) is 0. The van der Waals surface area contributed by atoms with E-state index in [1.165, 1.54) is 10.6 Å². The number of fused-ring (bicyclic) bond motifs is 1. The van der Waals surface area contributed by atoms with Crippen LogP contribution < -0.4 is 5.69 Å². The number of hydrogen-bond acceptors (Lipinski definition) is 2. The van der Waals surface area contributed by atoms with Gasteiger partial charge in [-0.05, 0) is 46.3 Å². The summed E-state index contributed by atoms with van der Waals surface area (Å²) in [5.74, 6) is -1.09. The van der Waals surface area contributed by atoms with Crippen molar-refractivity contribution in [3.63, 3.8) is 0 Å². The van der Waals surface area contributed by atoms with Crippen molar-refractivity contribution in [2.45, 2.75) is 0 Å². The molecule has 0 spiro atoms. The number of imidazole rings is 1. The number of carboxylic acid groups (broad SMARTS) is 1. The number of carbonyl (C=O) groups is 1. The van der Waals surface area contributed by atoms with Gasteiger partial charge in [-0.3, -0.25) is 4.57 Å². The summed E-state index contributed by atoms with van der Waals surface area (Å²) in [5.41, 5.74) is 0.994. The van der Waals surface area contributed by atoms with Crippen molar-refractivity contribution in [1.29, 1.82) is 0 Å². The van der Waals surface area contributed by atoms with Crippen molar-refractivity contribution < 1.29 is 9.90 Å². The third kappa shape index (κ3) is 2.26. The van der Waals surface area contributed by atoms with Gasteiger partial charge in [0.2, 0.25) is 0 Å². The molecule has 2 N–H and O–H groups in total. The molecule has 0 saturated heterocycles. The number of aromatic carboxylic acids is 1. The zero-order valence-corrected chi connectivity index (χ0v) is 12.8. The highest BCUT2D eigenvalue weighted by Gasteiger charge is 2.16. The molecule has 2 aromatic carbocycles. The average molecular weight is 368 g/mol. The van der Waals surface area contributed by atoms with Crippen LogP contribution in [-0.4, -0.2) is 20.6 Å². The second kappa shape index (κ2) is 5.05. The molecule has 21 heavy (non-hydrogen) atoms. The molecule has 3 rings (SSSR count). The molecule has 0 aliphatic carbocycles. The first kappa shape index (κ1) is 13.9. The first-order valence-electron chi connectivity index (χ1n) is 5.91. The number of aromatic amines is 1. The predicted molar refractivity (Wildman–Crippen MR) is 83.6 cm³/mol. The molecular weight excluding hydrogens is 360 g/mol. The summed E-state index contributed by atoms with van der Waals surface area (Å²) in [7, 11) is 0. The van der Waals surface area contributed by atoms with Gasteiger partial charge in [-0.25, -0.2) is 9.59 Å². The van der Waals surface area contributed by atoms with Crippen LogP contribution in [0.1, 0.15) is 10.4 Å². The van der Waals surface area contributed by atoms with Crippen LogP contribution >= 0.6 is 27.5 Å². The van der Waals surface area contributed by atoms with Crippen molar-refractivity contribution in [3.05, 3.63) is 61.9 Å². The van der Waals surface area contributed by atoms with Gasteiger partial charge in [0.05, 0.1) is 22.3 Å². The Labute approximate surface area is 131 Å². The predicted octanol–water partition coefficient (Wildman–Crippen LogP) is 3.43. The number of carboxylic acids is 1. The number of aromatic nitrogens is 2. The van der Waals surface area contributed by atoms with E-state index in [0.29, 0.717) is 20.7 Å². The van der Waals surface area contributed by atoms with Crippen LogP contribution in [0.4, 0.5) is 0 Å². The Morgan fingerprint density at radius 2 is 2.05 bits per heavy atom. The fourth-order valence-electron chi connectivity index (χ4n) is 2.21. The zero-order valence-electron chi connectivity index (χ0n) is 10.4. The Kier molecular flexibility index (Phi) is 3.35. The average Bonchev–Trinajstić information content (AvgIpc) is 2.74. The molecule has 0 saturated carbocycles. The lowest BCUT2D eigenvalue weighted by molar-refractivity contribution is 0.0699. The van der Waals surface area contributed by atoms with Gasteiger partial charge in [0.15, 0.2) is 0 Å². The molecule has 0 bridgehead atoms. The smallest absolute Gasteiger partial charge is 0.337 e. The maximum Gasteiger partial charge on any atom is 0.337 e. The minimum Gasteiger partial charge on any atom is -0.478 e. The van der Waals surface area contributed by atoms with E-state index in [0.717, 1.165) is 0 Å². The van der Waals surface area contributed by atoms with E-state index in [-0.39, 0.29) is 11.1 Å². The summed E-state index contributed by atoms with van der Waals surface area (Å²) in [6.45, 7) is 0. The quantitative estimate of drug-likeness (QED) is 0.728. The molecule has 7 heteroatoms. The molecule has 106 valence electrons. The lowest BCUT2D eigenvalue weighted by atomic mass is 10.2. The molecule has 0 fully saturated rings. The SMILES string of the molecule is O=C(O)c1cccc2c1[nH]c(=O)n2-c1ccc(Cl)cc1Br. The van der Waals surface area contributed by atoms with Crippen molar-refractivity contribution in [3.8, 4) is 5.69 Å². The van der Waals surface area contributed by atoms with Crippen LogP contribution in [0.5, 0.6) is 0 Å². The first-order valence-corrected chi connectivity index (χ1v) is 7.08. The van der Waals surface area contributed by atoms with Gasteiger partial charge in [-0.2, -0.15) is 0 Å². The summed E-state index contributed by atoms with van der Waals surface area (Å²) in [6, 6.07) is 9.74. The number of para-hydroxylation sites is 1. The summed E-state index contributed by atoms with van der Waals surface area (Å²) < 4.78 is 2.04. The number of benzene rings is 2. The van der Waals surface area contributed by atoms with Crippen molar-refractivity contribution in [1.82, 2.24) is 9.55 Å². The van der Waals surface area contributed by atoms with E-state index < -0.39 is 11.7 Å². The number of nitrogens with zero attached hydrogens (tertiary/aromatic N) is 1. The van der Waals surface area contributed by atoms with Crippen molar-refractivity contribution in [2.75, 3.05) is 0 Å². The highest BCUT2D eigenvalue weighted by Crippen LogP contribution is 2.27. The van der Waals surface area contributed by atoms with Gasteiger partial charge in [-0.15, -0.1) is 0 Å². The van der Waals surface area contributed by atoms with Crippen molar-refractivity contribution in [2.24, 2.45) is 0 Å². The van der Waals surface area contributed by atoms with E-state index >= 15 is 0 Å². The summed E-state index contributed by atoms with van der Waals surface area (Å²) in [6.07, 6.45) is 0. The molecule has 0 aliphatic rings. The Balaban J connectivity index is 2.39. The highest BCUT2D eigenvalue weighted by atomic mass is 79.9. The Morgan fingerprint density at radius 1 is 1.29 bits per heavy atom. The Hall–Kier alpha value is -2.05. The Morgan fingerprint density at radius 3 is 2.71 bits per heavy atom. The molecule has 1 aromatic heterocycles. The van der Waals surface area contributed by atoms with E-state index in [1.807, 2.05) is 0 Å². The van der Waals surface area contributed by atoms with Crippen LogP contribution in [0.15, 0.2) is 45.7 Å². The van der Waals surface area contributed by atoms with E-state index in [4.69, 9.17) is 11.6 Å². The van der Waals surface area contributed by atoms with Gasteiger partial charge < -0.3 is 10.1 Å². The highest BCUT2D eigenvalue weighted by molar-refractivity contribution is 9.10. The molecular formula is C14H8BrClN2O3. The maximum atomic E-state index is 12.2. The normalized spacial score (nSPS) is 11.0. The zero-order chi connectivity index (χ0) is 15.1. The third-order valence-corrected chi connectivity index (χ3v) is 3.97. The monoisotopic (exact) mass is 366 g/mol. The number of nitrogens with one attached hydrogen (secondary N) is 1. The first-order chi connectivity index (χ1) is 9.99. The summed E-state index contributed by atoms with van der Waals surface area (Å²) >= 11 is 9.26. The van der Waals surface area contributed by atoms with Crippen LogP contribution in [0.3, 0.4) is 0 Å². The lowest BCUT2D eigenvalue weighted by Gasteiger charge is -2.07. The minimum atomic E-state index is -1.09. The summed E-state index contributed by atoms with van der Waals surface area (Å²) in [5, 5.41) is 9.72. The van der Waals surface area contributed by atoms with Gasteiger partial charge >= 0.3 is 11.7 Å². The number of H-pyrrole nitrogens is 1.